The number of hydrogen-bond donors (Lipinski definition) is 2. The molecule has 0 spiro atoms. The van der Waals surface area contributed by atoms with E-state index in [-0.39, 0.29) is 39.5 Å². The molecule has 12 heteroatoms. The third kappa shape index (κ3) is 5.47. The SMILES string of the molecule is CCOC(=O)CNc1ccc(NS(=O)(=O)c2cc(Cl)ccc2Cl)cc1[N+](=O)[O-]. The van der Waals surface area contributed by atoms with E-state index in [4.69, 9.17) is 27.9 Å². The molecule has 28 heavy (non-hydrogen) atoms. The second kappa shape index (κ2) is 9.09. The van der Waals surface area contributed by atoms with Gasteiger partial charge in [-0.1, -0.05) is 23.2 Å². The van der Waals surface area contributed by atoms with Crippen LogP contribution in [0.25, 0.3) is 0 Å². The lowest BCUT2D eigenvalue weighted by molar-refractivity contribution is -0.383. The van der Waals surface area contributed by atoms with Crippen LogP contribution in [0.5, 0.6) is 0 Å². The number of hydrogen-bond acceptors (Lipinski definition) is 7. The number of carbonyl (C=O) groups excluding carboxylic acids is 1. The average Bonchev–Trinajstić information content (AvgIpc) is 2.62. The first-order valence-electron chi connectivity index (χ1n) is 7.80. The van der Waals surface area contributed by atoms with Crippen molar-refractivity contribution in [1.82, 2.24) is 0 Å². The summed E-state index contributed by atoms with van der Waals surface area (Å²) < 4.78 is 32.0. The highest BCUT2D eigenvalue weighted by Crippen LogP contribution is 2.31. The molecule has 0 aliphatic rings. The van der Waals surface area contributed by atoms with E-state index in [0.29, 0.717) is 0 Å². The Labute approximate surface area is 170 Å². The van der Waals surface area contributed by atoms with Crippen LogP contribution in [0.3, 0.4) is 0 Å². The molecular formula is C16H15Cl2N3O6S. The molecule has 2 rings (SSSR count). The number of anilines is 2. The first-order chi connectivity index (χ1) is 13.1. The maximum absolute atomic E-state index is 12.5. The van der Waals surface area contributed by atoms with Gasteiger partial charge >= 0.3 is 5.97 Å². The van der Waals surface area contributed by atoms with Gasteiger partial charge < -0.3 is 10.1 Å². The maximum Gasteiger partial charge on any atom is 0.325 e. The van der Waals surface area contributed by atoms with Gasteiger partial charge in [-0.2, -0.15) is 0 Å². The number of esters is 1. The molecule has 0 atom stereocenters. The lowest BCUT2D eigenvalue weighted by Gasteiger charge is -2.12. The number of nitrogens with zero attached hydrogens (tertiary/aromatic N) is 1. The van der Waals surface area contributed by atoms with Gasteiger partial charge in [0.25, 0.3) is 15.7 Å². The smallest absolute Gasteiger partial charge is 0.325 e. The monoisotopic (exact) mass is 447 g/mol. The highest BCUT2D eigenvalue weighted by Gasteiger charge is 2.21. The minimum atomic E-state index is -4.14. The first-order valence-corrected chi connectivity index (χ1v) is 10.0. The number of halogens is 2. The molecule has 0 heterocycles. The van der Waals surface area contributed by atoms with Gasteiger partial charge in [0, 0.05) is 11.1 Å². The topological polar surface area (TPSA) is 128 Å². The van der Waals surface area contributed by atoms with Crippen molar-refractivity contribution in [3.8, 4) is 0 Å². The van der Waals surface area contributed by atoms with Crippen molar-refractivity contribution >= 4 is 56.3 Å². The number of benzene rings is 2. The molecule has 0 bridgehead atoms. The number of nitrogens with one attached hydrogen (secondary N) is 2. The summed E-state index contributed by atoms with van der Waals surface area (Å²) in [5.74, 6) is -0.586. The van der Waals surface area contributed by atoms with E-state index in [1.54, 1.807) is 6.92 Å². The van der Waals surface area contributed by atoms with Crippen molar-refractivity contribution in [3.05, 3.63) is 56.6 Å². The summed E-state index contributed by atoms with van der Waals surface area (Å²) in [6.07, 6.45) is 0. The molecule has 2 aromatic carbocycles. The fourth-order valence-corrected chi connectivity index (χ4v) is 3.98. The Hall–Kier alpha value is -2.56. The van der Waals surface area contributed by atoms with Gasteiger partial charge in [-0.15, -0.1) is 0 Å². The molecule has 0 saturated carbocycles. The summed E-state index contributed by atoms with van der Waals surface area (Å²) >= 11 is 11.7. The maximum atomic E-state index is 12.5. The molecule has 0 saturated heterocycles. The van der Waals surface area contributed by atoms with Gasteiger partial charge in [0.2, 0.25) is 0 Å². The van der Waals surface area contributed by atoms with Crippen LogP contribution >= 0.6 is 23.2 Å². The largest absolute Gasteiger partial charge is 0.465 e. The number of sulfonamides is 1. The lowest BCUT2D eigenvalue weighted by atomic mass is 10.2. The third-order valence-electron chi connectivity index (χ3n) is 3.36. The highest BCUT2D eigenvalue weighted by molar-refractivity contribution is 7.92. The van der Waals surface area contributed by atoms with E-state index in [2.05, 4.69) is 10.0 Å². The predicted octanol–water partition coefficient (Wildman–Crippen LogP) is 3.68. The van der Waals surface area contributed by atoms with Crippen LogP contribution < -0.4 is 10.0 Å². The number of nitro benzene ring substituents is 1. The predicted molar refractivity (Wildman–Crippen MR) is 105 cm³/mol. The van der Waals surface area contributed by atoms with Crippen molar-refractivity contribution in [2.75, 3.05) is 23.2 Å². The Morgan fingerprint density at radius 3 is 2.57 bits per heavy atom. The Morgan fingerprint density at radius 2 is 1.93 bits per heavy atom. The normalized spacial score (nSPS) is 11.0. The van der Waals surface area contributed by atoms with Crippen molar-refractivity contribution in [2.24, 2.45) is 0 Å². The third-order valence-corrected chi connectivity index (χ3v) is 5.46. The van der Waals surface area contributed by atoms with Crippen molar-refractivity contribution < 1.29 is 22.9 Å². The van der Waals surface area contributed by atoms with E-state index in [1.807, 2.05) is 0 Å². The van der Waals surface area contributed by atoms with Crippen molar-refractivity contribution in [1.29, 1.82) is 0 Å². The molecule has 0 amide bonds. The van der Waals surface area contributed by atoms with Gasteiger partial charge in [-0.05, 0) is 37.3 Å². The van der Waals surface area contributed by atoms with Gasteiger partial charge in [0.1, 0.15) is 17.1 Å². The molecular weight excluding hydrogens is 433 g/mol. The van der Waals surface area contributed by atoms with Gasteiger partial charge in [-0.25, -0.2) is 8.42 Å². The summed E-state index contributed by atoms with van der Waals surface area (Å²) in [6, 6.07) is 7.51. The summed E-state index contributed by atoms with van der Waals surface area (Å²) in [6.45, 7) is 1.53. The molecule has 0 unspecified atom stereocenters. The number of carbonyl (C=O) groups is 1. The van der Waals surface area contributed by atoms with E-state index < -0.39 is 26.6 Å². The Balaban J connectivity index is 2.29. The fourth-order valence-electron chi connectivity index (χ4n) is 2.17. The fraction of sp³-hybridized carbons (Fsp3) is 0.188. The summed E-state index contributed by atoms with van der Waals surface area (Å²) in [5, 5.41) is 14.0. The minimum Gasteiger partial charge on any atom is -0.465 e. The number of nitro groups is 1. The van der Waals surface area contributed by atoms with Crippen molar-refractivity contribution in [3.63, 3.8) is 0 Å². The van der Waals surface area contributed by atoms with Crippen LogP contribution in [-0.2, 0) is 19.6 Å². The molecule has 2 aromatic rings. The van der Waals surface area contributed by atoms with Gasteiger partial charge in [0.05, 0.1) is 22.2 Å². The average molecular weight is 448 g/mol. The molecule has 0 aromatic heterocycles. The molecule has 2 N–H and O–H groups in total. The van der Waals surface area contributed by atoms with Gasteiger partial charge in [-0.3, -0.25) is 19.6 Å². The van der Waals surface area contributed by atoms with E-state index >= 15 is 0 Å². The lowest BCUT2D eigenvalue weighted by Crippen LogP contribution is -2.17. The van der Waals surface area contributed by atoms with Crippen LogP contribution in [0.4, 0.5) is 17.1 Å². The first kappa shape index (κ1) is 21.7. The second-order valence-corrected chi connectivity index (χ2v) is 7.82. The summed E-state index contributed by atoms with van der Waals surface area (Å²) in [5.41, 5.74) is -0.465. The summed E-state index contributed by atoms with van der Waals surface area (Å²) in [4.78, 5) is 21.7. The molecule has 9 nitrogen and oxygen atoms in total. The van der Waals surface area contributed by atoms with Gasteiger partial charge in [0.15, 0.2) is 0 Å². The molecule has 0 aliphatic carbocycles. The van der Waals surface area contributed by atoms with Crippen LogP contribution in [-0.4, -0.2) is 32.5 Å². The standard InChI is InChI=1S/C16H15Cl2N3O6S/c1-2-27-16(22)9-19-13-6-4-11(8-14(13)21(23)24)20-28(25,26)15-7-10(17)3-5-12(15)18/h3-8,19-20H,2,9H2,1H3. The van der Waals surface area contributed by atoms with Crippen LogP contribution in [0.1, 0.15) is 6.92 Å². The zero-order valence-electron chi connectivity index (χ0n) is 14.4. The molecule has 0 radical (unpaired) electrons. The van der Waals surface area contributed by atoms with Crippen LogP contribution in [0.15, 0.2) is 41.3 Å². The molecule has 150 valence electrons. The summed E-state index contributed by atoms with van der Waals surface area (Å²) in [7, 11) is -4.14. The quantitative estimate of drug-likeness (QED) is 0.358. The number of rotatable bonds is 8. The highest BCUT2D eigenvalue weighted by atomic mass is 35.5. The van der Waals surface area contributed by atoms with Crippen LogP contribution in [0.2, 0.25) is 10.0 Å². The second-order valence-electron chi connectivity index (χ2n) is 5.33. The minimum absolute atomic E-state index is 0.0294. The number of ether oxygens (including phenoxy) is 1. The van der Waals surface area contributed by atoms with Crippen molar-refractivity contribution in [2.45, 2.75) is 11.8 Å². The van der Waals surface area contributed by atoms with E-state index in [0.717, 1.165) is 12.1 Å². The van der Waals surface area contributed by atoms with E-state index in [9.17, 15) is 23.3 Å². The van der Waals surface area contributed by atoms with Crippen LogP contribution in [0, 0.1) is 10.1 Å². The van der Waals surface area contributed by atoms with E-state index in [1.165, 1.54) is 24.3 Å². The zero-order chi connectivity index (χ0) is 20.9. The molecule has 0 aliphatic heterocycles. The Kier molecular flexibility index (Phi) is 7.05. The molecule has 0 fully saturated rings. The zero-order valence-corrected chi connectivity index (χ0v) is 16.8. The Bertz CT molecular complexity index is 1010. The Morgan fingerprint density at radius 1 is 1.21 bits per heavy atom.